The minimum atomic E-state index is -1.23. The van der Waals surface area contributed by atoms with Gasteiger partial charge in [-0.15, -0.1) is 0 Å². The predicted molar refractivity (Wildman–Crippen MR) is 137 cm³/mol. The van der Waals surface area contributed by atoms with Crippen molar-refractivity contribution in [2.45, 2.75) is 11.8 Å². The minimum absolute atomic E-state index is 0.259. The van der Waals surface area contributed by atoms with E-state index in [0.717, 1.165) is 22.3 Å². The summed E-state index contributed by atoms with van der Waals surface area (Å²) < 4.78 is 0. The Labute approximate surface area is 191 Å². The Balaban J connectivity index is 2.01. The molecule has 0 fully saturated rings. The first-order chi connectivity index (χ1) is 15.6. The number of hydrogen-bond donors (Lipinski definition) is 7. The third-order valence-corrected chi connectivity index (χ3v) is 5.79. The van der Waals surface area contributed by atoms with E-state index in [1.54, 1.807) is 54.6 Å². The Morgan fingerprint density at radius 3 is 1.52 bits per heavy atom. The van der Waals surface area contributed by atoms with Gasteiger partial charge in [0.1, 0.15) is 0 Å². The number of rotatable bonds is 4. The molecule has 0 saturated carbocycles. The average molecular weight is 442 g/mol. The third-order valence-electron chi connectivity index (χ3n) is 5.79. The van der Waals surface area contributed by atoms with E-state index in [1.165, 1.54) is 0 Å². The molecule has 0 aromatic heterocycles. The smallest absolute Gasteiger partial charge is 0.232 e. The van der Waals surface area contributed by atoms with Crippen molar-refractivity contribution in [3.63, 3.8) is 0 Å². The van der Waals surface area contributed by atoms with Gasteiger partial charge in [-0.2, -0.15) is 0 Å². The number of anilines is 6. The van der Waals surface area contributed by atoms with Crippen LogP contribution in [0, 0.1) is 0 Å². The van der Waals surface area contributed by atoms with Crippen LogP contribution in [0.15, 0.2) is 66.7 Å². The van der Waals surface area contributed by atoms with Crippen LogP contribution in [-0.4, -0.2) is 5.91 Å². The van der Waals surface area contributed by atoms with Crippen molar-refractivity contribution in [1.82, 2.24) is 0 Å². The third kappa shape index (κ3) is 4.14. The topological polar surface area (TPSA) is 199 Å². The van der Waals surface area contributed by atoms with E-state index in [0.29, 0.717) is 39.7 Å². The summed E-state index contributed by atoms with van der Waals surface area (Å²) in [5, 5.41) is 0. The maximum absolute atomic E-state index is 13.1. The zero-order chi connectivity index (χ0) is 23.9. The van der Waals surface area contributed by atoms with Crippen LogP contribution in [0.5, 0.6) is 0 Å². The van der Waals surface area contributed by atoms with Crippen LogP contribution in [0.3, 0.4) is 0 Å². The second-order valence-electron chi connectivity index (χ2n) is 8.45. The molecule has 0 radical (unpaired) electrons. The van der Waals surface area contributed by atoms with E-state index in [1.807, 2.05) is 12.2 Å². The fraction of sp³-hybridized carbons (Fsp3) is 0.0800. The first kappa shape index (κ1) is 21.6. The molecular formula is C25H27N7O. The van der Waals surface area contributed by atoms with Gasteiger partial charge in [-0.1, -0.05) is 12.2 Å². The number of amides is 1. The molecule has 1 aliphatic rings. The molecule has 0 heterocycles. The molecule has 33 heavy (non-hydrogen) atoms. The number of primary amides is 1. The SMILES string of the molecule is NC(=O)C1(c2cc(N)cc(N)c2)C=C(c2cc(N)cc(N)c2)C=C(c2cc(N)cc(N)c2)C1. The molecule has 4 rings (SSSR count). The monoisotopic (exact) mass is 441 g/mol. The zero-order valence-corrected chi connectivity index (χ0v) is 18.0. The Morgan fingerprint density at radius 2 is 1.06 bits per heavy atom. The maximum atomic E-state index is 13.1. The van der Waals surface area contributed by atoms with Crippen molar-refractivity contribution in [2.24, 2.45) is 5.73 Å². The van der Waals surface area contributed by atoms with Gasteiger partial charge in [0.15, 0.2) is 0 Å². The largest absolute Gasteiger partial charge is 0.399 e. The molecule has 8 heteroatoms. The molecule has 168 valence electrons. The fourth-order valence-corrected chi connectivity index (χ4v) is 4.37. The van der Waals surface area contributed by atoms with E-state index in [4.69, 9.17) is 40.1 Å². The molecular weight excluding hydrogens is 414 g/mol. The van der Waals surface area contributed by atoms with Crippen LogP contribution in [0.1, 0.15) is 23.1 Å². The number of allylic oxidation sites excluding steroid dienone is 3. The average Bonchev–Trinajstić information content (AvgIpc) is 2.71. The lowest BCUT2D eigenvalue weighted by Gasteiger charge is -2.34. The lowest BCUT2D eigenvalue weighted by molar-refractivity contribution is -0.121. The van der Waals surface area contributed by atoms with E-state index in [2.05, 4.69) is 0 Å². The summed E-state index contributed by atoms with van der Waals surface area (Å²) in [6, 6.07) is 15.6. The minimum Gasteiger partial charge on any atom is -0.399 e. The second kappa shape index (κ2) is 7.83. The molecule has 1 atom stereocenters. The zero-order valence-electron chi connectivity index (χ0n) is 18.0. The van der Waals surface area contributed by atoms with Gasteiger partial charge in [-0.05, 0) is 88.9 Å². The van der Waals surface area contributed by atoms with Gasteiger partial charge in [-0.25, -0.2) is 0 Å². The maximum Gasteiger partial charge on any atom is 0.232 e. The van der Waals surface area contributed by atoms with Crippen molar-refractivity contribution in [2.75, 3.05) is 34.4 Å². The van der Waals surface area contributed by atoms with Crippen molar-refractivity contribution in [1.29, 1.82) is 0 Å². The molecule has 0 saturated heterocycles. The fourth-order valence-electron chi connectivity index (χ4n) is 4.37. The Kier molecular flexibility index (Phi) is 5.13. The predicted octanol–water partition coefficient (Wildman–Crippen LogP) is 2.47. The highest BCUT2D eigenvalue weighted by molar-refractivity contribution is 6.00. The van der Waals surface area contributed by atoms with Crippen molar-refractivity contribution in [3.8, 4) is 0 Å². The summed E-state index contributed by atoms with van der Waals surface area (Å²) >= 11 is 0. The van der Waals surface area contributed by atoms with Crippen molar-refractivity contribution in [3.05, 3.63) is 83.4 Å². The molecule has 0 spiro atoms. The summed E-state index contributed by atoms with van der Waals surface area (Å²) in [4.78, 5) is 13.1. The summed E-state index contributed by atoms with van der Waals surface area (Å²) in [7, 11) is 0. The lowest BCUT2D eigenvalue weighted by Crippen LogP contribution is -2.41. The van der Waals surface area contributed by atoms with Gasteiger partial charge in [-0.3, -0.25) is 4.79 Å². The van der Waals surface area contributed by atoms with Crippen LogP contribution >= 0.6 is 0 Å². The lowest BCUT2D eigenvalue weighted by atomic mass is 9.68. The first-order valence-electron chi connectivity index (χ1n) is 10.3. The van der Waals surface area contributed by atoms with E-state index < -0.39 is 11.3 Å². The Bertz CT molecular complexity index is 1280. The van der Waals surface area contributed by atoms with Gasteiger partial charge in [0.05, 0.1) is 5.41 Å². The van der Waals surface area contributed by atoms with Crippen LogP contribution in [0.25, 0.3) is 11.1 Å². The Morgan fingerprint density at radius 1 is 0.636 bits per heavy atom. The number of carbonyl (C=O) groups is 1. The molecule has 14 N–H and O–H groups in total. The van der Waals surface area contributed by atoms with Crippen LogP contribution < -0.4 is 40.1 Å². The quantitative estimate of drug-likeness (QED) is 0.301. The highest BCUT2D eigenvalue weighted by Crippen LogP contribution is 2.45. The molecule has 3 aromatic carbocycles. The van der Waals surface area contributed by atoms with E-state index >= 15 is 0 Å². The van der Waals surface area contributed by atoms with E-state index in [-0.39, 0.29) is 6.42 Å². The summed E-state index contributed by atoms with van der Waals surface area (Å²) in [5.74, 6) is -0.552. The second-order valence-corrected chi connectivity index (χ2v) is 8.45. The highest BCUT2D eigenvalue weighted by Gasteiger charge is 2.40. The molecule has 8 nitrogen and oxygen atoms in total. The van der Waals surface area contributed by atoms with Crippen LogP contribution in [0.4, 0.5) is 34.1 Å². The number of benzene rings is 3. The number of nitrogen functional groups attached to an aromatic ring is 6. The summed E-state index contributed by atoms with van der Waals surface area (Å²) in [6.07, 6.45) is 4.03. The number of hydrogen-bond acceptors (Lipinski definition) is 7. The number of nitrogens with two attached hydrogens (primary N) is 7. The molecule has 3 aromatic rings. The van der Waals surface area contributed by atoms with Gasteiger partial charge in [0, 0.05) is 34.1 Å². The first-order valence-corrected chi connectivity index (χ1v) is 10.3. The molecule has 0 aliphatic heterocycles. The van der Waals surface area contributed by atoms with Gasteiger partial charge >= 0.3 is 0 Å². The number of carbonyl (C=O) groups excluding carboxylic acids is 1. The van der Waals surface area contributed by atoms with Crippen molar-refractivity contribution < 1.29 is 4.79 Å². The van der Waals surface area contributed by atoms with Gasteiger partial charge < -0.3 is 40.1 Å². The van der Waals surface area contributed by atoms with Crippen LogP contribution in [0.2, 0.25) is 0 Å². The van der Waals surface area contributed by atoms with Crippen molar-refractivity contribution >= 4 is 51.2 Å². The molecule has 1 amide bonds. The van der Waals surface area contributed by atoms with Gasteiger partial charge in [0.2, 0.25) is 5.91 Å². The van der Waals surface area contributed by atoms with E-state index in [9.17, 15) is 4.79 Å². The molecule has 1 unspecified atom stereocenters. The molecule has 0 bridgehead atoms. The summed E-state index contributed by atoms with van der Waals surface area (Å²) in [6.45, 7) is 0. The normalized spacial score (nSPS) is 17.8. The van der Waals surface area contributed by atoms with Crippen LogP contribution in [-0.2, 0) is 10.2 Å². The Hall–Kier alpha value is -4.59. The highest BCUT2D eigenvalue weighted by atomic mass is 16.1. The standard InChI is InChI=1S/C25H27N7O/c26-18-2-13(3-19(27)8-18)15-1-16(14-4-20(28)9-21(29)5-14)12-25(11-15,24(32)33)17-6-22(30)10-23(31)7-17/h1-11H,12,26-31H2,(H2,32,33). The summed E-state index contributed by atoms with van der Waals surface area (Å²) in [5.41, 5.74) is 47.6. The molecule has 1 aliphatic carbocycles. The van der Waals surface area contributed by atoms with Gasteiger partial charge in [0.25, 0.3) is 0 Å².